The first-order valence-corrected chi connectivity index (χ1v) is 25.0. The van der Waals surface area contributed by atoms with Crippen LogP contribution in [-0.4, -0.2) is 8.80 Å². The standard InChI is InChI=1S/C69H44N4/c1-4-22-47(23-5-1)69(48-24-6-2-7-25-48,73-46-72-63-39-19-18-36-59(63)55-32-14-10-28-51(55)53-30-13-17-35-58(53)62-38-21-41-65(73)68(62)72)49-42-43-60-56-33-15-11-29-52(56)54-31-12-16-34-57(54)61-37-20-40-64-67(61)71(66(60)44-49)45-70(64)50-26-8-3-9-27-50/h1-44H. The number of nitrogens with zero attached hydrogens (tertiary/aromatic N) is 4. The molecule has 0 saturated carbocycles. The van der Waals surface area contributed by atoms with Crippen LogP contribution < -0.4 is 9.13 Å². The van der Waals surface area contributed by atoms with Gasteiger partial charge < -0.3 is 4.40 Å². The van der Waals surface area contributed by atoms with Crippen molar-refractivity contribution in [1.29, 1.82) is 0 Å². The van der Waals surface area contributed by atoms with Crippen LogP contribution >= 0.6 is 0 Å². The monoisotopic (exact) mass is 928 g/mol. The highest BCUT2D eigenvalue weighted by Gasteiger charge is 2.43. The van der Waals surface area contributed by atoms with Crippen LogP contribution in [0.2, 0.25) is 0 Å². The third-order valence-electron chi connectivity index (χ3n) is 15.3. The van der Waals surface area contributed by atoms with Gasteiger partial charge in [0.1, 0.15) is 0 Å². The summed E-state index contributed by atoms with van der Waals surface area (Å²) in [7, 11) is 0. The van der Waals surface area contributed by atoms with E-state index in [1.165, 1.54) is 37.7 Å². The highest BCUT2D eigenvalue weighted by atomic mass is 15.2. The van der Waals surface area contributed by atoms with Gasteiger partial charge in [-0.1, -0.05) is 249 Å². The zero-order valence-electron chi connectivity index (χ0n) is 39.7. The lowest BCUT2D eigenvalue weighted by Gasteiger charge is -2.35. The van der Waals surface area contributed by atoms with E-state index in [2.05, 4.69) is 298 Å². The van der Waals surface area contributed by atoms with Gasteiger partial charge in [0.2, 0.25) is 6.33 Å². The van der Waals surface area contributed by atoms with Crippen LogP contribution in [0.4, 0.5) is 0 Å². The Kier molecular flexibility index (Phi) is 9.14. The topological polar surface area (TPSA) is 16.6 Å². The van der Waals surface area contributed by atoms with Gasteiger partial charge in [-0.15, -0.1) is 0 Å². The van der Waals surface area contributed by atoms with Crippen LogP contribution in [0.15, 0.2) is 267 Å². The van der Waals surface area contributed by atoms with Crippen molar-refractivity contribution in [3.63, 3.8) is 0 Å². The molecule has 0 bridgehead atoms. The van der Waals surface area contributed by atoms with E-state index in [0.29, 0.717) is 0 Å². The minimum Gasteiger partial charge on any atom is -0.318 e. The summed E-state index contributed by atoms with van der Waals surface area (Å²) >= 11 is 0. The summed E-state index contributed by atoms with van der Waals surface area (Å²) in [4.78, 5) is 0. The summed E-state index contributed by atoms with van der Waals surface area (Å²) < 4.78 is 9.34. The van der Waals surface area contributed by atoms with Crippen molar-refractivity contribution in [3.05, 3.63) is 296 Å². The molecule has 4 heteroatoms. The van der Waals surface area contributed by atoms with Gasteiger partial charge in [0.05, 0.1) is 38.8 Å². The van der Waals surface area contributed by atoms with Gasteiger partial charge in [0, 0.05) is 16.7 Å². The van der Waals surface area contributed by atoms with Crippen molar-refractivity contribution in [1.82, 2.24) is 8.80 Å². The number of benzene rings is 11. The molecule has 340 valence electrons. The molecule has 0 saturated heterocycles. The third kappa shape index (κ3) is 6.01. The Morgan fingerprint density at radius 2 is 0.658 bits per heavy atom. The molecule has 0 spiro atoms. The van der Waals surface area contributed by atoms with Crippen LogP contribution in [-0.2, 0) is 5.54 Å². The summed E-state index contributed by atoms with van der Waals surface area (Å²) in [6.07, 6.45) is 8.18. The molecule has 0 aliphatic heterocycles. The van der Waals surface area contributed by atoms with Crippen LogP contribution in [0.1, 0.15) is 16.7 Å². The Morgan fingerprint density at radius 1 is 0.274 bits per heavy atom. The molecule has 0 atom stereocenters. The van der Waals surface area contributed by atoms with Gasteiger partial charge in [-0.05, 0) is 82.8 Å². The van der Waals surface area contributed by atoms with E-state index in [1.807, 2.05) is 0 Å². The third-order valence-corrected chi connectivity index (χ3v) is 15.3. The maximum atomic E-state index is 4.20. The minimum atomic E-state index is -0.974. The quantitative estimate of drug-likeness (QED) is 0.0929. The molecule has 73 heavy (non-hydrogen) atoms. The van der Waals surface area contributed by atoms with Crippen molar-refractivity contribution in [2.45, 2.75) is 5.54 Å². The molecule has 0 N–H and O–H groups in total. The smallest absolute Gasteiger partial charge is 0.269 e. The molecular weight excluding hydrogens is 885 g/mol. The van der Waals surface area contributed by atoms with Gasteiger partial charge in [-0.2, -0.15) is 0 Å². The molecule has 0 unspecified atom stereocenters. The largest absolute Gasteiger partial charge is 0.318 e. The predicted octanol–water partition coefficient (Wildman–Crippen LogP) is 15.5. The number of hydrogen-bond acceptors (Lipinski definition) is 0. The van der Waals surface area contributed by atoms with Gasteiger partial charge in [-0.3, -0.25) is 13.5 Å². The first-order valence-electron chi connectivity index (χ1n) is 25.0. The molecule has 11 aromatic carbocycles. The summed E-state index contributed by atoms with van der Waals surface area (Å²) in [5.74, 6) is 0. The summed E-state index contributed by atoms with van der Waals surface area (Å²) in [6.45, 7) is 0. The summed E-state index contributed by atoms with van der Waals surface area (Å²) in [5, 5.41) is 14.0. The van der Waals surface area contributed by atoms with Crippen LogP contribution in [0, 0.1) is 12.7 Å². The highest BCUT2D eigenvalue weighted by molar-refractivity contribution is 6.22. The second kappa shape index (κ2) is 16.2. The van der Waals surface area contributed by atoms with E-state index < -0.39 is 5.54 Å². The summed E-state index contributed by atoms with van der Waals surface area (Å²) in [6, 6.07) is 97.7. The van der Waals surface area contributed by atoms with E-state index in [4.69, 9.17) is 0 Å². The van der Waals surface area contributed by atoms with Crippen LogP contribution in [0.3, 0.4) is 0 Å². The van der Waals surface area contributed by atoms with Crippen LogP contribution in [0.25, 0.3) is 103 Å². The van der Waals surface area contributed by atoms with E-state index in [0.717, 1.165) is 82.4 Å². The lowest BCUT2D eigenvalue weighted by Crippen LogP contribution is -2.58. The normalized spacial score (nSPS) is 12.1. The average Bonchev–Trinajstić information content (AvgIpc) is 4.08. The van der Waals surface area contributed by atoms with E-state index in [-0.39, 0.29) is 0 Å². The second-order valence-corrected chi connectivity index (χ2v) is 19.1. The number of para-hydroxylation sites is 4. The van der Waals surface area contributed by atoms with Gasteiger partial charge in [0.15, 0.2) is 5.54 Å². The molecule has 0 aliphatic carbocycles. The van der Waals surface area contributed by atoms with Gasteiger partial charge >= 0.3 is 0 Å². The zero-order valence-corrected chi connectivity index (χ0v) is 39.7. The number of rotatable bonds is 5. The Balaban J connectivity index is 1.19. The Bertz CT molecular complexity index is 4740. The van der Waals surface area contributed by atoms with Gasteiger partial charge in [0.25, 0.3) is 6.33 Å². The Hall–Kier alpha value is -9.64. The fraction of sp³-hybridized carbons (Fsp3) is 0.0145. The molecule has 0 amide bonds. The highest BCUT2D eigenvalue weighted by Crippen LogP contribution is 2.42. The molecule has 0 radical (unpaired) electrons. The van der Waals surface area contributed by atoms with E-state index >= 15 is 0 Å². The molecule has 15 rings (SSSR count). The minimum absolute atomic E-state index is 0.974. The molecule has 4 heterocycles. The first-order chi connectivity index (χ1) is 36.3. The molecule has 15 aromatic rings. The number of hydrogen-bond donors (Lipinski definition) is 0. The van der Waals surface area contributed by atoms with Crippen molar-refractivity contribution < 1.29 is 9.13 Å². The maximum absolute atomic E-state index is 4.20. The number of aromatic nitrogens is 4. The van der Waals surface area contributed by atoms with E-state index in [9.17, 15) is 0 Å². The molecular formula is C69H44N4. The lowest BCUT2D eigenvalue weighted by atomic mass is 9.76. The van der Waals surface area contributed by atoms with Crippen molar-refractivity contribution in [2.24, 2.45) is 0 Å². The number of fused-ring (bicyclic) bond motifs is 14. The fourth-order valence-corrected chi connectivity index (χ4v) is 12.2. The second-order valence-electron chi connectivity index (χ2n) is 19.1. The fourth-order valence-electron chi connectivity index (χ4n) is 12.2. The zero-order chi connectivity index (χ0) is 48.0. The van der Waals surface area contributed by atoms with Crippen molar-refractivity contribution in [2.75, 3.05) is 0 Å². The van der Waals surface area contributed by atoms with E-state index in [1.54, 1.807) is 0 Å². The molecule has 0 fully saturated rings. The SMILES string of the molecule is [c-]1n2c3cc(C(c4ccccc4)(c4ccccc4)[n+]4[c-]n5c6ccccc6c6ccccc6c6ccccc6c6cccc4c65)ccc3c3ccccc3c3ccccc3c3cccc(c32)[n+]1-c1ccccc1. The average molecular weight is 929 g/mol. The van der Waals surface area contributed by atoms with Gasteiger partial charge in [-0.25, -0.2) is 0 Å². The van der Waals surface area contributed by atoms with Crippen molar-refractivity contribution in [3.8, 4) is 5.69 Å². The predicted molar refractivity (Wildman–Crippen MR) is 300 cm³/mol. The maximum Gasteiger partial charge on any atom is 0.269 e. The summed E-state index contributed by atoms with van der Waals surface area (Å²) in [5.41, 5.74) is 9.73. The Morgan fingerprint density at radius 3 is 1.19 bits per heavy atom. The molecule has 4 nitrogen and oxygen atoms in total. The molecule has 4 aromatic heterocycles. The van der Waals surface area contributed by atoms with Crippen LogP contribution in [0.5, 0.6) is 0 Å². The first kappa shape index (κ1) is 41.2. The lowest BCUT2D eigenvalue weighted by molar-refractivity contribution is -0.714. The Labute approximate surface area is 421 Å². The van der Waals surface area contributed by atoms with Crippen molar-refractivity contribution >= 4 is 97.7 Å². The number of imidazole rings is 2. The molecule has 0 aliphatic rings.